The first kappa shape index (κ1) is 9.92. The van der Waals surface area contributed by atoms with E-state index >= 15 is 0 Å². The third-order valence-electron chi connectivity index (χ3n) is 1.89. The zero-order valence-corrected chi connectivity index (χ0v) is 8.31. The van der Waals surface area contributed by atoms with E-state index < -0.39 is 11.6 Å². The number of halogens is 2. The molecule has 0 atom stereocenters. The number of hydrogen-bond acceptors (Lipinski definition) is 2. The normalized spacial score (nSPS) is 10.3. The van der Waals surface area contributed by atoms with Gasteiger partial charge >= 0.3 is 0 Å². The third-order valence-corrected chi connectivity index (χ3v) is 2.23. The van der Waals surface area contributed by atoms with Crippen molar-refractivity contribution in [1.29, 1.82) is 0 Å². The number of nitrogens with zero attached hydrogens (tertiary/aromatic N) is 1. The molecular formula is C10H6F2N2S. The van der Waals surface area contributed by atoms with E-state index in [1.807, 2.05) is 0 Å². The van der Waals surface area contributed by atoms with Gasteiger partial charge in [0.25, 0.3) is 0 Å². The predicted molar refractivity (Wildman–Crippen MR) is 54.8 cm³/mol. The Morgan fingerprint density at radius 1 is 1.13 bits per heavy atom. The Labute approximate surface area is 89.6 Å². The summed E-state index contributed by atoms with van der Waals surface area (Å²) < 4.78 is 26.3. The minimum atomic E-state index is -0.636. The van der Waals surface area contributed by atoms with Gasteiger partial charge in [0.05, 0.1) is 6.33 Å². The average molecular weight is 224 g/mol. The molecule has 0 saturated carbocycles. The van der Waals surface area contributed by atoms with E-state index in [4.69, 9.17) is 12.2 Å². The van der Waals surface area contributed by atoms with Crippen LogP contribution in [0.3, 0.4) is 0 Å². The maximum atomic E-state index is 12.9. The van der Waals surface area contributed by atoms with Gasteiger partial charge in [-0.3, -0.25) is 0 Å². The fraction of sp³-hybridized carbons (Fsp3) is 0. The molecule has 0 spiro atoms. The van der Waals surface area contributed by atoms with Crippen LogP contribution in [-0.2, 0) is 0 Å². The second kappa shape index (κ2) is 3.86. The van der Waals surface area contributed by atoms with Gasteiger partial charge in [0.2, 0.25) is 0 Å². The summed E-state index contributed by atoms with van der Waals surface area (Å²) in [5.41, 5.74) is 0.882. The summed E-state index contributed by atoms with van der Waals surface area (Å²) in [5.74, 6) is -1.27. The Morgan fingerprint density at radius 2 is 1.80 bits per heavy atom. The molecule has 0 aliphatic heterocycles. The molecule has 0 saturated heterocycles. The fourth-order valence-electron chi connectivity index (χ4n) is 1.26. The molecule has 5 heteroatoms. The smallest absolute Gasteiger partial charge is 0.126 e. The molecule has 2 nitrogen and oxygen atoms in total. The molecule has 1 heterocycles. The van der Waals surface area contributed by atoms with Crippen LogP contribution in [0.1, 0.15) is 0 Å². The molecule has 76 valence electrons. The van der Waals surface area contributed by atoms with Crippen LogP contribution in [0, 0.1) is 16.3 Å². The molecule has 0 bridgehead atoms. The summed E-state index contributed by atoms with van der Waals surface area (Å²) in [5, 5.41) is 0. The second-order valence-corrected chi connectivity index (χ2v) is 3.36. The Hall–Kier alpha value is -1.62. The molecular weight excluding hydrogens is 218 g/mol. The van der Waals surface area contributed by atoms with Gasteiger partial charge in [-0.2, -0.15) is 0 Å². The van der Waals surface area contributed by atoms with E-state index in [1.54, 1.807) is 0 Å². The van der Waals surface area contributed by atoms with Crippen molar-refractivity contribution >= 4 is 12.2 Å². The highest BCUT2D eigenvalue weighted by Gasteiger charge is 2.04. The third kappa shape index (κ3) is 2.07. The minimum Gasteiger partial charge on any atom is -0.337 e. The highest BCUT2D eigenvalue weighted by Crippen LogP contribution is 2.20. The lowest BCUT2D eigenvalue weighted by Gasteiger charge is -2.01. The van der Waals surface area contributed by atoms with Crippen LogP contribution in [-0.4, -0.2) is 9.97 Å². The van der Waals surface area contributed by atoms with Gasteiger partial charge in [-0.05, 0) is 17.7 Å². The Kier molecular flexibility index (Phi) is 2.55. The van der Waals surface area contributed by atoms with Gasteiger partial charge < -0.3 is 4.98 Å². The molecule has 0 unspecified atom stereocenters. The van der Waals surface area contributed by atoms with Crippen molar-refractivity contribution in [2.75, 3.05) is 0 Å². The molecule has 0 aliphatic carbocycles. The SMILES string of the molecule is Fc1cc(F)cc(-c2cnc[nH]c2=S)c1. The van der Waals surface area contributed by atoms with Gasteiger partial charge in [-0.1, -0.05) is 12.2 Å². The van der Waals surface area contributed by atoms with E-state index in [9.17, 15) is 8.78 Å². The molecule has 1 aromatic heterocycles. The van der Waals surface area contributed by atoms with Crippen molar-refractivity contribution < 1.29 is 8.78 Å². The van der Waals surface area contributed by atoms with Gasteiger partial charge in [-0.15, -0.1) is 0 Å². The number of nitrogens with one attached hydrogen (secondary N) is 1. The van der Waals surface area contributed by atoms with Gasteiger partial charge in [0.1, 0.15) is 16.3 Å². The quantitative estimate of drug-likeness (QED) is 0.754. The molecule has 15 heavy (non-hydrogen) atoms. The standard InChI is InChI=1S/C10H6F2N2S/c11-7-1-6(2-8(12)3-7)9-4-13-5-14-10(9)15/h1-5H,(H,13,14,15). The van der Waals surface area contributed by atoms with Crippen LogP contribution in [0.25, 0.3) is 11.1 Å². The number of H-pyrrole nitrogens is 1. The van der Waals surface area contributed by atoms with E-state index in [-0.39, 0.29) is 0 Å². The lowest BCUT2D eigenvalue weighted by molar-refractivity contribution is 0.584. The van der Waals surface area contributed by atoms with Crippen molar-refractivity contribution in [2.45, 2.75) is 0 Å². The van der Waals surface area contributed by atoms with Gasteiger partial charge in [-0.25, -0.2) is 13.8 Å². The Balaban J connectivity index is 2.64. The van der Waals surface area contributed by atoms with Crippen LogP contribution < -0.4 is 0 Å². The molecule has 0 fully saturated rings. The lowest BCUT2D eigenvalue weighted by Crippen LogP contribution is -1.87. The monoisotopic (exact) mass is 224 g/mol. The van der Waals surface area contributed by atoms with Crippen molar-refractivity contribution in [3.8, 4) is 11.1 Å². The van der Waals surface area contributed by atoms with Crippen molar-refractivity contribution in [1.82, 2.24) is 9.97 Å². The molecule has 0 amide bonds. The summed E-state index contributed by atoms with van der Waals surface area (Å²) in [7, 11) is 0. The lowest BCUT2D eigenvalue weighted by atomic mass is 10.1. The number of rotatable bonds is 1. The zero-order chi connectivity index (χ0) is 10.8. The minimum absolute atomic E-state index is 0.377. The first-order valence-electron chi connectivity index (χ1n) is 4.16. The second-order valence-electron chi connectivity index (χ2n) is 2.95. The largest absolute Gasteiger partial charge is 0.337 e. The molecule has 0 radical (unpaired) electrons. The molecule has 1 N–H and O–H groups in total. The summed E-state index contributed by atoms with van der Waals surface area (Å²) in [6, 6.07) is 3.24. The molecule has 2 rings (SSSR count). The summed E-state index contributed by atoms with van der Waals surface area (Å²) in [4.78, 5) is 6.51. The molecule has 2 aromatic rings. The summed E-state index contributed by atoms with van der Waals surface area (Å²) in [6.07, 6.45) is 2.88. The van der Waals surface area contributed by atoms with Crippen LogP contribution in [0.4, 0.5) is 8.78 Å². The Bertz CT molecular complexity index is 531. The van der Waals surface area contributed by atoms with Crippen molar-refractivity contribution in [2.24, 2.45) is 0 Å². The van der Waals surface area contributed by atoms with Crippen LogP contribution in [0.2, 0.25) is 0 Å². The summed E-state index contributed by atoms with van der Waals surface area (Å²) in [6.45, 7) is 0. The first-order chi connectivity index (χ1) is 7.16. The topological polar surface area (TPSA) is 28.7 Å². The fourth-order valence-corrected chi connectivity index (χ4v) is 1.48. The van der Waals surface area contributed by atoms with E-state index in [2.05, 4.69) is 9.97 Å². The van der Waals surface area contributed by atoms with E-state index in [0.717, 1.165) is 6.07 Å². The average Bonchev–Trinajstić information content (AvgIpc) is 2.16. The predicted octanol–water partition coefficient (Wildman–Crippen LogP) is 3.08. The van der Waals surface area contributed by atoms with E-state index in [0.29, 0.717) is 15.8 Å². The highest BCUT2D eigenvalue weighted by molar-refractivity contribution is 7.71. The number of aromatic nitrogens is 2. The number of aromatic amines is 1. The van der Waals surface area contributed by atoms with Crippen LogP contribution in [0.15, 0.2) is 30.7 Å². The zero-order valence-electron chi connectivity index (χ0n) is 7.50. The van der Waals surface area contributed by atoms with Crippen molar-refractivity contribution in [3.63, 3.8) is 0 Å². The number of benzene rings is 1. The van der Waals surface area contributed by atoms with Gasteiger partial charge in [0, 0.05) is 17.8 Å². The summed E-state index contributed by atoms with van der Waals surface area (Å²) >= 11 is 4.98. The Morgan fingerprint density at radius 3 is 2.40 bits per heavy atom. The molecule has 1 aromatic carbocycles. The maximum absolute atomic E-state index is 12.9. The maximum Gasteiger partial charge on any atom is 0.126 e. The van der Waals surface area contributed by atoms with Gasteiger partial charge in [0.15, 0.2) is 0 Å². The van der Waals surface area contributed by atoms with Crippen molar-refractivity contribution in [3.05, 3.63) is 47.0 Å². The highest BCUT2D eigenvalue weighted by atomic mass is 32.1. The van der Waals surface area contributed by atoms with Crippen LogP contribution >= 0.6 is 12.2 Å². The molecule has 0 aliphatic rings. The van der Waals surface area contributed by atoms with E-state index in [1.165, 1.54) is 24.7 Å². The number of hydrogen-bond donors (Lipinski definition) is 1. The van der Waals surface area contributed by atoms with Crippen LogP contribution in [0.5, 0.6) is 0 Å². The first-order valence-corrected chi connectivity index (χ1v) is 4.57.